The molecule has 0 fully saturated rings. The number of tetrazole rings is 1. The maximum absolute atomic E-state index is 12.3. The Kier molecular flexibility index (Phi) is 4.84. The lowest BCUT2D eigenvalue weighted by Gasteiger charge is -2.12. The summed E-state index contributed by atoms with van der Waals surface area (Å²) in [5, 5.41) is 11.9. The zero-order valence-corrected chi connectivity index (χ0v) is 14.1. The lowest BCUT2D eigenvalue weighted by Crippen LogP contribution is -2.29. The molecule has 2 N–H and O–H groups in total. The molecule has 0 aliphatic heterocycles. The summed E-state index contributed by atoms with van der Waals surface area (Å²) >= 11 is 17.9. The van der Waals surface area contributed by atoms with E-state index in [4.69, 9.17) is 34.8 Å². The quantitative estimate of drug-likeness (QED) is 0.675. The Bertz CT molecular complexity index is 861. The van der Waals surface area contributed by atoms with E-state index >= 15 is 0 Å². The van der Waals surface area contributed by atoms with Crippen LogP contribution in [0.3, 0.4) is 0 Å². The molecule has 0 unspecified atom stereocenters. The van der Waals surface area contributed by atoms with E-state index in [1.54, 1.807) is 24.3 Å². The molecule has 0 spiro atoms. The van der Waals surface area contributed by atoms with E-state index in [0.717, 1.165) is 0 Å². The minimum absolute atomic E-state index is 0.287. The minimum atomic E-state index is -0.382. The highest BCUT2D eigenvalue weighted by Gasteiger charge is 2.11. The van der Waals surface area contributed by atoms with Crippen LogP contribution < -0.4 is 10.9 Å². The van der Waals surface area contributed by atoms with Gasteiger partial charge in [0, 0.05) is 10.6 Å². The highest BCUT2D eigenvalue weighted by molar-refractivity contribution is 6.41. The summed E-state index contributed by atoms with van der Waals surface area (Å²) in [5.41, 5.74) is 6.62. The number of aromatic nitrogens is 4. The van der Waals surface area contributed by atoms with Gasteiger partial charge >= 0.3 is 0 Å². The SMILES string of the molecule is O=C(NNc1c(Cl)cc(Cl)cc1Cl)c1cccc(-n2cnnn2)c1. The number of carbonyl (C=O) groups excluding carboxylic acids is 1. The van der Waals surface area contributed by atoms with E-state index in [2.05, 4.69) is 26.4 Å². The van der Waals surface area contributed by atoms with Gasteiger partial charge in [-0.1, -0.05) is 40.9 Å². The number of hydrogen-bond acceptors (Lipinski definition) is 5. The Labute approximate surface area is 151 Å². The average Bonchev–Trinajstić information content (AvgIpc) is 3.08. The second-order valence-electron chi connectivity index (χ2n) is 4.63. The van der Waals surface area contributed by atoms with Crippen LogP contribution in [0.25, 0.3) is 5.69 Å². The first-order valence-electron chi connectivity index (χ1n) is 6.59. The number of nitrogens with one attached hydrogen (secondary N) is 2. The van der Waals surface area contributed by atoms with Gasteiger partial charge in [-0.05, 0) is 40.8 Å². The zero-order valence-electron chi connectivity index (χ0n) is 11.9. The van der Waals surface area contributed by atoms with Crippen LogP contribution in [0.15, 0.2) is 42.7 Å². The van der Waals surface area contributed by atoms with Gasteiger partial charge in [0.1, 0.15) is 6.33 Å². The van der Waals surface area contributed by atoms with Gasteiger partial charge in [0.25, 0.3) is 5.91 Å². The molecule has 122 valence electrons. The summed E-state index contributed by atoms with van der Waals surface area (Å²) < 4.78 is 1.44. The number of hydrogen-bond donors (Lipinski definition) is 2. The van der Waals surface area contributed by atoms with Crippen LogP contribution in [-0.4, -0.2) is 26.1 Å². The average molecular weight is 384 g/mol. The van der Waals surface area contributed by atoms with E-state index in [0.29, 0.717) is 22.0 Å². The third-order valence-corrected chi connectivity index (χ3v) is 3.84. The highest BCUT2D eigenvalue weighted by Crippen LogP contribution is 2.33. The van der Waals surface area contributed by atoms with Gasteiger partial charge in [-0.2, -0.15) is 0 Å². The van der Waals surface area contributed by atoms with E-state index < -0.39 is 0 Å². The van der Waals surface area contributed by atoms with Crippen molar-refractivity contribution >= 4 is 46.4 Å². The Morgan fingerprint density at radius 3 is 2.50 bits per heavy atom. The Morgan fingerprint density at radius 2 is 1.83 bits per heavy atom. The van der Waals surface area contributed by atoms with E-state index in [1.807, 2.05) is 0 Å². The first-order chi connectivity index (χ1) is 11.5. The van der Waals surface area contributed by atoms with Crippen LogP contribution in [0.5, 0.6) is 0 Å². The van der Waals surface area contributed by atoms with E-state index in [9.17, 15) is 4.79 Å². The predicted molar refractivity (Wildman–Crippen MR) is 91.7 cm³/mol. The number of rotatable bonds is 4. The number of nitrogens with zero attached hydrogens (tertiary/aromatic N) is 4. The molecule has 10 heteroatoms. The van der Waals surface area contributed by atoms with Gasteiger partial charge in [0.2, 0.25) is 0 Å². The smallest absolute Gasteiger partial charge is 0.269 e. The topological polar surface area (TPSA) is 84.7 Å². The van der Waals surface area contributed by atoms with Crippen molar-refractivity contribution in [3.8, 4) is 5.69 Å². The fraction of sp³-hybridized carbons (Fsp3) is 0. The summed E-state index contributed by atoms with van der Waals surface area (Å²) in [5.74, 6) is -0.382. The van der Waals surface area contributed by atoms with E-state index in [1.165, 1.54) is 23.1 Å². The van der Waals surface area contributed by atoms with Crippen LogP contribution in [0, 0.1) is 0 Å². The van der Waals surface area contributed by atoms with Gasteiger partial charge in [0.15, 0.2) is 0 Å². The predicted octanol–water partition coefficient (Wildman–Crippen LogP) is 3.38. The fourth-order valence-electron chi connectivity index (χ4n) is 1.92. The number of hydrazine groups is 1. The molecule has 2 aromatic carbocycles. The molecule has 0 bridgehead atoms. The lowest BCUT2D eigenvalue weighted by molar-refractivity contribution is 0.0962. The molecule has 0 aliphatic rings. The van der Waals surface area contributed by atoms with Crippen molar-refractivity contribution in [2.24, 2.45) is 0 Å². The van der Waals surface area contributed by atoms with Crippen molar-refractivity contribution in [2.75, 3.05) is 5.43 Å². The molecular weight excluding hydrogens is 375 g/mol. The molecule has 3 rings (SSSR count). The summed E-state index contributed by atoms with van der Waals surface area (Å²) in [4.78, 5) is 12.3. The fourth-order valence-corrected chi connectivity index (χ4v) is 2.83. The second-order valence-corrected chi connectivity index (χ2v) is 5.88. The molecule has 1 heterocycles. The first-order valence-corrected chi connectivity index (χ1v) is 7.72. The number of amides is 1. The molecule has 24 heavy (non-hydrogen) atoms. The first kappa shape index (κ1) is 16.5. The Balaban J connectivity index is 1.75. The van der Waals surface area contributed by atoms with Gasteiger partial charge < -0.3 is 0 Å². The Hall–Kier alpha value is -2.35. The van der Waals surface area contributed by atoms with Crippen LogP contribution in [0.2, 0.25) is 15.1 Å². The lowest BCUT2D eigenvalue weighted by atomic mass is 10.2. The number of benzene rings is 2. The second kappa shape index (κ2) is 7.04. The molecule has 0 saturated carbocycles. The van der Waals surface area contributed by atoms with Crippen molar-refractivity contribution in [1.29, 1.82) is 0 Å². The largest absolute Gasteiger partial charge is 0.295 e. The number of halogens is 3. The van der Waals surface area contributed by atoms with Crippen LogP contribution in [0.4, 0.5) is 5.69 Å². The monoisotopic (exact) mass is 382 g/mol. The van der Waals surface area contributed by atoms with E-state index in [-0.39, 0.29) is 16.0 Å². The van der Waals surface area contributed by atoms with Crippen molar-refractivity contribution < 1.29 is 4.79 Å². The van der Waals surface area contributed by atoms with Crippen molar-refractivity contribution in [3.63, 3.8) is 0 Å². The molecular formula is C14H9Cl3N6O. The molecule has 0 saturated heterocycles. The normalized spacial score (nSPS) is 10.5. The molecule has 0 atom stereocenters. The summed E-state index contributed by atoms with van der Waals surface area (Å²) in [6.45, 7) is 0. The van der Waals surface area contributed by atoms with Gasteiger partial charge in [-0.15, -0.1) is 5.10 Å². The molecule has 0 aliphatic carbocycles. The molecule has 7 nitrogen and oxygen atoms in total. The molecule has 0 radical (unpaired) electrons. The maximum atomic E-state index is 12.3. The van der Waals surface area contributed by atoms with Gasteiger partial charge in [-0.3, -0.25) is 15.6 Å². The number of carbonyl (C=O) groups is 1. The standard InChI is InChI=1S/C14H9Cl3N6O/c15-9-5-11(16)13(12(17)6-9)19-20-14(24)8-2-1-3-10(4-8)23-7-18-21-22-23/h1-7,19H,(H,20,24). The van der Waals surface area contributed by atoms with Crippen LogP contribution >= 0.6 is 34.8 Å². The number of anilines is 1. The molecule has 1 amide bonds. The Morgan fingerprint density at radius 1 is 1.08 bits per heavy atom. The van der Waals surface area contributed by atoms with Crippen molar-refractivity contribution in [1.82, 2.24) is 25.6 Å². The third-order valence-electron chi connectivity index (χ3n) is 3.03. The highest BCUT2D eigenvalue weighted by atomic mass is 35.5. The summed E-state index contributed by atoms with van der Waals surface area (Å²) in [7, 11) is 0. The third kappa shape index (κ3) is 3.59. The minimum Gasteiger partial charge on any atom is -0.295 e. The van der Waals surface area contributed by atoms with Crippen LogP contribution in [0.1, 0.15) is 10.4 Å². The maximum Gasteiger partial charge on any atom is 0.269 e. The van der Waals surface area contributed by atoms with Gasteiger partial charge in [0.05, 0.1) is 21.4 Å². The van der Waals surface area contributed by atoms with Crippen molar-refractivity contribution in [2.45, 2.75) is 0 Å². The molecule has 1 aromatic heterocycles. The van der Waals surface area contributed by atoms with Gasteiger partial charge in [-0.25, -0.2) is 4.68 Å². The van der Waals surface area contributed by atoms with Crippen molar-refractivity contribution in [3.05, 3.63) is 63.4 Å². The molecule has 3 aromatic rings. The summed E-state index contributed by atoms with van der Waals surface area (Å²) in [6, 6.07) is 9.81. The van der Waals surface area contributed by atoms with Crippen LogP contribution in [-0.2, 0) is 0 Å². The zero-order chi connectivity index (χ0) is 17.1. The summed E-state index contributed by atoms with van der Waals surface area (Å²) in [6.07, 6.45) is 1.43.